The number of benzene rings is 20. The van der Waals surface area contributed by atoms with Gasteiger partial charge in [-0.1, -0.05) is 340 Å². The normalized spacial score (nSPS) is 14.2. The van der Waals surface area contributed by atoms with Crippen LogP contribution in [0, 0.1) is 0 Å². The van der Waals surface area contributed by atoms with Crippen molar-refractivity contribution >= 4 is 119 Å². The molecule has 20 aromatic carbocycles. The smallest absolute Gasteiger partial charge is 0.140 e. The highest BCUT2D eigenvalue weighted by atomic mass is 32.1. The number of fused-ring (bicyclic) bond motifs is 30. The molecule has 117 heavy (non-hydrogen) atoms. The summed E-state index contributed by atoms with van der Waals surface area (Å²) in [5.41, 5.74) is 26.1. The van der Waals surface area contributed by atoms with Crippen LogP contribution in [-0.2, 0) is 10.8 Å². The molecule has 1 atom stereocenters. The Kier molecular flexibility index (Phi) is 14.2. The maximum atomic E-state index is 7.79. The van der Waals surface area contributed by atoms with E-state index in [0.717, 1.165) is 139 Å². The molecular weight excluding hydrogens is 1440 g/mol. The highest BCUT2D eigenvalue weighted by Crippen LogP contribution is 2.69. The van der Waals surface area contributed by atoms with Crippen molar-refractivity contribution in [2.24, 2.45) is 0 Å². The van der Waals surface area contributed by atoms with Crippen LogP contribution in [-0.4, -0.2) is 0 Å². The summed E-state index contributed by atoms with van der Waals surface area (Å²) >= 11 is 1.87. The van der Waals surface area contributed by atoms with Gasteiger partial charge in [0.25, 0.3) is 0 Å². The molecule has 0 saturated carbocycles. The van der Waals surface area contributed by atoms with Crippen LogP contribution < -0.4 is 19.3 Å². The molecule has 0 saturated heterocycles. The first-order chi connectivity index (χ1) is 58.0. The number of thiophene rings is 1. The van der Waals surface area contributed by atoms with Crippen molar-refractivity contribution in [2.45, 2.75) is 10.8 Å². The first kappa shape index (κ1) is 65.6. The van der Waals surface area contributed by atoms with Crippen LogP contribution in [0.5, 0.6) is 23.0 Å². The molecule has 5 heteroatoms. The topological polar surface area (TPSA) is 24.9 Å². The van der Waals surface area contributed by atoms with Crippen molar-refractivity contribution in [1.82, 2.24) is 0 Å². The summed E-state index contributed by atoms with van der Waals surface area (Å²) in [6.45, 7) is 0. The van der Waals surface area contributed by atoms with Crippen LogP contribution in [0.15, 0.2) is 413 Å². The summed E-state index contributed by atoms with van der Waals surface area (Å²) in [5.74, 6) is 3.54. The summed E-state index contributed by atoms with van der Waals surface area (Å²) in [6, 6.07) is 154. The average Bonchev–Trinajstić information content (AvgIpc) is 1.53. The molecule has 1 aromatic heterocycles. The van der Waals surface area contributed by atoms with Gasteiger partial charge >= 0.3 is 0 Å². The van der Waals surface area contributed by atoms with E-state index in [9.17, 15) is 0 Å². The molecule has 4 nitrogen and oxygen atoms in total. The van der Waals surface area contributed by atoms with Gasteiger partial charge in [0.15, 0.2) is 0 Å². The van der Waals surface area contributed by atoms with Gasteiger partial charge < -0.3 is 19.3 Å². The molecule has 2 spiro atoms. The lowest BCUT2D eigenvalue weighted by Gasteiger charge is -2.40. The number of hydrogen-bond acceptors (Lipinski definition) is 5. The summed E-state index contributed by atoms with van der Waals surface area (Å²) in [7, 11) is 0. The van der Waals surface area contributed by atoms with Gasteiger partial charge in [-0.15, -0.1) is 11.3 Å². The zero-order valence-electron chi connectivity index (χ0n) is 63.4. The molecule has 0 bridgehead atoms. The van der Waals surface area contributed by atoms with E-state index in [1.54, 1.807) is 0 Å². The fraction of sp³-hybridized carbons (Fsp3) is 0.0179. The molecule has 544 valence electrons. The lowest BCUT2D eigenvalue weighted by Crippen LogP contribution is -2.32. The Bertz CT molecular complexity index is 7690. The SMILES string of the molecule is c1ccc(-c2ccc(N(c3ccc4ccccc4c3)c3cccc4c3-c3ccccc3C43c4ccc5ccccc5c4Oc4c3ccc3ccc(-c5ccc6sc7c(N(c8ccc(-c9ccccc9)cc8)c8cccc9c8-c8ccccc8C98c9ccc%10ccccc%10c9Oc9c8ccc8ccccc98)cccc7c6c5)cc43)cc2)cc1. The molecule has 2 aliphatic carbocycles. The van der Waals surface area contributed by atoms with E-state index in [-0.39, 0.29) is 0 Å². The number of rotatable bonds is 9. The number of anilines is 6. The van der Waals surface area contributed by atoms with Crippen molar-refractivity contribution in [3.63, 3.8) is 0 Å². The predicted molar refractivity (Wildman–Crippen MR) is 487 cm³/mol. The molecule has 21 aromatic rings. The van der Waals surface area contributed by atoms with Crippen molar-refractivity contribution in [2.75, 3.05) is 9.80 Å². The van der Waals surface area contributed by atoms with E-state index in [4.69, 9.17) is 9.47 Å². The minimum atomic E-state index is -0.799. The third-order valence-corrected chi connectivity index (χ3v) is 26.9. The Morgan fingerprint density at radius 3 is 1.10 bits per heavy atom. The molecule has 2 aliphatic heterocycles. The van der Waals surface area contributed by atoms with Crippen LogP contribution in [0.1, 0.15) is 44.5 Å². The minimum Gasteiger partial charge on any atom is -0.455 e. The molecule has 0 radical (unpaired) electrons. The fourth-order valence-corrected chi connectivity index (χ4v) is 21.8. The van der Waals surface area contributed by atoms with E-state index in [1.807, 2.05) is 11.3 Å². The Morgan fingerprint density at radius 2 is 0.564 bits per heavy atom. The van der Waals surface area contributed by atoms with Crippen LogP contribution >= 0.6 is 11.3 Å². The zero-order valence-corrected chi connectivity index (χ0v) is 64.2. The lowest BCUT2D eigenvalue weighted by atomic mass is 9.65. The third kappa shape index (κ3) is 9.46. The Morgan fingerprint density at radius 1 is 0.205 bits per heavy atom. The summed E-state index contributed by atoms with van der Waals surface area (Å²) in [5, 5.41) is 13.6. The monoisotopic (exact) mass is 1500 g/mol. The second kappa shape index (κ2) is 25.3. The van der Waals surface area contributed by atoms with E-state index >= 15 is 0 Å². The molecule has 0 fully saturated rings. The molecule has 0 N–H and O–H groups in total. The van der Waals surface area contributed by atoms with E-state index in [1.165, 1.54) is 92.1 Å². The Balaban J connectivity index is 0.668. The summed E-state index contributed by atoms with van der Waals surface area (Å²) in [6.07, 6.45) is 0. The van der Waals surface area contributed by atoms with Crippen LogP contribution in [0.4, 0.5) is 34.1 Å². The fourth-order valence-electron chi connectivity index (χ4n) is 20.6. The van der Waals surface area contributed by atoms with Gasteiger partial charge in [0.05, 0.1) is 32.6 Å². The highest BCUT2D eigenvalue weighted by molar-refractivity contribution is 7.26. The third-order valence-electron chi connectivity index (χ3n) is 25.7. The van der Waals surface area contributed by atoms with Gasteiger partial charge in [-0.3, -0.25) is 0 Å². The number of ether oxygens (including phenoxy) is 2. The van der Waals surface area contributed by atoms with Crippen molar-refractivity contribution in [3.05, 3.63) is 457 Å². The molecule has 0 amide bonds. The first-order valence-electron chi connectivity index (χ1n) is 40.3. The van der Waals surface area contributed by atoms with Crippen molar-refractivity contribution in [3.8, 4) is 78.6 Å². The minimum absolute atomic E-state index is 0.743. The van der Waals surface area contributed by atoms with E-state index in [2.05, 4.69) is 422 Å². The predicted octanol–water partition coefficient (Wildman–Crippen LogP) is 30.7. The van der Waals surface area contributed by atoms with Gasteiger partial charge in [-0.25, -0.2) is 0 Å². The zero-order chi connectivity index (χ0) is 76.6. The average molecular weight is 1510 g/mol. The molecule has 1 unspecified atom stereocenters. The van der Waals surface area contributed by atoms with Gasteiger partial charge in [0.1, 0.15) is 23.0 Å². The van der Waals surface area contributed by atoms with E-state index in [0.29, 0.717) is 0 Å². The number of hydrogen-bond donors (Lipinski definition) is 0. The Labute approximate surface area is 680 Å². The molecular formula is C112H68N2O2S. The number of nitrogens with zero attached hydrogens (tertiary/aromatic N) is 2. The maximum absolute atomic E-state index is 7.79. The van der Waals surface area contributed by atoms with Crippen molar-refractivity contribution < 1.29 is 9.47 Å². The van der Waals surface area contributed by atoms with Gasteiger partial charge in [-0.05, 0) is 172 Å². The van der Waals surface area contributed by atoms with Crippen molar-refractivity contribution in [1.29, 1.82) is 0 Å². The lowest BCUT2D eigenvalue weighted by molar-refractivity contribution is 0.447. The van der Waals surface area contributed by atoms with Gasteiger partial charge in [0, 0.05) is 87.5 Å². The summed E-state index contributed by atoms with van der Waals surface area (Å²) < 4.78 is 17.6. The van der Waals surface area contributed by atoms with Crippen LogP contribution in [0.2, 0.25) is 0 Å². The Hall–Kier alpha value is -14.9. The second-order valence-corrected chi connectivity index (χ2v) is 32.6. The highest BCUT2D eigenvalue weighted by Gasteiger charge is 2.55. The molecule has 4 aliphatic rings. The summed E-state index contributed by atoms with van der Waals surface area (Å²) in [4.78, 5) is 5.04. The molecule has 3 heterocycles. The van der Waals surface area contributed by atoms with Gasteiger partial charge in [-0.2, -0.15) is 0 Å². The van der Waals surface area contributed by atoms with Crippen LogP contribution in [0.3, 0.4) is 0 Å². The maximum Gasteiger partial charge on any atom is 0.140 e. The standard InChI is InChI=1S/C112H68N2O2S/c1-3-22-69(23-4-1)72-46-56-81(57-47-72)113(83-60-50-71-26-7-8-30-78(71)66-83)100-41-20-39-94-104(100)88-34-15-17-37-92(88)112(94)98-63-53-76-29-11-14-33-86(76)108(98)116-109-90-67-79(45-44-77(90)54-64-99(109)112)80-55-65-103-91(68-80)87-36-19-43-102(110(87)117-103)114(82-58-48-73(49-59-82)70-24-5-2-6-25-70)101-42-21-40-95-105(101)89-35-16-18-38-93(89)111(95)96-61-51-74-27-9-12-31-84(74)106(96)115-107-85-32-13-10-28-75(85)52-62-97(107)111/h1-68H. The van der Waals surface area contributed by atoms with Gasteiger partial charge in [0.2, 0.25) is 0 Å². The van der Waals surface area contributed by atoms with Crippen LogP contribution in [0.25, 0.3) is 130 Å². The molecule has 25 rings (SSSR count). The van der Waals surface area contributed by atoms with E-state index < -0.39 is 10.8 Å². The largest absolute Gasteiger partial charge is 0.455 e. The quantitative estimate of drug-likeness (QED) is 0.144. The second-order valence-electron chi connectivity index (χ2n) is 31.6. The first-order valence-corrected chi connectivity index (χ1v) is 41.1.